The molecule has 22 heavy (non-hydrogen) atoms. The summed E-state index contributed by atoms with van der Waals surface area (Å²) in [5.41, 5.74) is -1.34. The second-order valence-corrected chi connectivity index (χ2v) is 3.88. The zero-order valence-electron chi connectivity index (χ0n) is 10.1. The van der Waals surface area contributed by atoms with E-state index in [9.17, 15) is 44.3 Å². The fourth-order valence-corrected chi connectivity index (χ4v) is 1.32. The molecule has 0 N–H and O–H groups in total. The number of alkyl halides is 9. The van der Waals surface area contributed by atoms with Crippen molar-refractivity contribution in [3.05, 3.63) is 29.8 Å². The highest BCUT2D eigenvalue weighted by Gasteiger charge is 2.76. The number of hydrogen-bond donors (Lipinski definition) is 0. The highest BCUT2D eigenvalue weighted by molar-refractivity contribution is 6.02. The lowest BCUT2D eigenvalue weighted by atomic mass is 10.00. The quantitative estimate of drug-likeness (QED) is 0.590. The van der Waals surface area contributed by atoms with Gasteiger partial charge in [0.1, 0.15) is 5.75 Å². The summed E-state index contributed by atoms with van der Waals surface area (Å²) in [6, 6.07) is 2.13. The molecule has 2 nitrogen and oxygen atoms in total. The molecule has 0 saturated heterocycles. The van der Waals surface area contributed by atoms with Crippen molar-refractivity contribution in [2.45, 2.75) is 24.6 Å². The van der Waals surface area contributed by atoms with Crippen LogP contribution in [0.2, 0.25) is 0 Å². The van der Waals surface area contributed by atoms with E-state index in [1.54, 1.807) is 0 Å². The summed E-state index contributed by atoms with van der Waals surface area (Å²) in [5.74, 6) is -16.5. The first-order chi connectivity index (χ1) is 9.80. The first-order valence-electron chi connectivity index (χ1n) is 5.22. The molecule has 0 aliphatic rings. The summed E-state index contributed by atoms with van der Waals surface area (Å²) in [6.45, 7) is -3.41. The van der Waals surface area contributed by atoms with Gasteiger partial charge in [0.15, 0.2) is 0 Å². The van der Waals surface area contributed by atoms with Crippen molar-refractivity contribution in [2.24, 2.45) is 0 Å². The van der Waals surface area contributed by atoms with Crippen LogP contribution in [0.5, 0.6) is 5.75 Å². The Morgan fingerprint density at radius 1 is 1.00 bits per heavy atom. The van der Waals surface area contributed by atoms with E-state index in [2.05, 4.69) is 4.74 Å². The molecule has 0 aliphatic carbocycles. The van der Waals surface area contributed by atoms with E-state index >= 15 is 0 Å². The van der Waals surface area contributed by atoms with Crippen LogP contribution < -0.4 is 4.74 Å². The lowest BCUT2D eigenvalue weighted by molar-refractivity contribution is -0.339. The molecule has 0 aliphatic heterocycles. The lowest BCUT2D eigenvalue weighted by Gasteiger charge is -2.27. The number of hydrogen-bond acceptors (Lipinski definition) is 2. The van der Waals surface area contributed by atoms with Crippen molar-refractivity contribution in [2.75, 3.05) is 0 Å². The van der Waals surface area contributed by atoms with Gasteiger partial charge in [0.05, 0.1) is 0 Å². The van der Waals surface area contributed by atoms with Crippen LogP contribution in [0, 0.1) is 0 Å². The Balaban J connectivity index is 3.20. The topological polar surface area (TPSA) is 26.3 Å². The van der Waals surface area contributed by atoms with Crippen LogP contribution in [-0.4, -0.2) is 30.4 Å². The average molecular weight is 340 g/mol. The van der Waals surface area contributed by atoms with E-state index in [0.717, 1.165) is 6.07 Å². The third-order valence-electron chi connectivity index (χ3n) is 2.36. The summed E-state index contributed by atoms with van der Waals surface area (Å²) < 4.78 is 115. The number of ether oxygens (including phenoxy) is 1. The minimum Gasteiger partial charge on any atom is -0.435 e. The summed E-state index contributed by atoms with van der Waals surface area (Å²) >= 11 is 0. The predicted molar refractivity (Wildman–Crippen MR) is 53.4 cm³/mol. The van der Waals surface area contributed by atoms with Gasteiger partial charge in [-0.15, -0.1) is 0 Å². The molecule has 11 heteroatoms. The van der Waals surface area contributed by atoms with Crippen LogP contribution in [0.3, 0.4) is 0 Å². The minimum absolute atomic E-state index is 0.203. The van der Waals surface area contributed by atoms with Crippen molar-refractivity contribution >= 4 is 5.78 Å². The molecule has 0 amide bonds. The van der Waals surface area contributed by atoms with Gasteiger partial charge in [-0.3, -0.25) is 4.79 Å². The van der Waals surface area contributed by atoms with Crippen LogP contribution in [0.15, 0.2) is 24.3 Å². The van der Waals surface area contributed by atoms with Gasteiger partial charge in [-0.25, -0.2) is 0 Å². The minimum atomic E-state index is -6.68. The zero-order valence-corrected chi connectivity index (χ0v) is 10.1. The molecule has 1 aromatic carbocycles. The summed E-state index contributed by atoms with van der Waals surface area (Å²) in [5, 5.41) is 0. The standard InChI is InChI=1S/C11H5F9O2/c12-8(13)22-6-3-1-2-5(4-6)7(21)9(14,15)10(16,17)11(18,19)20/h1-4,8H. The van der Waals surface area contributed by atoms with Crippen molar-refractivity contribution in [1.82, 2.24) is 0 Å². The SMILES string of the molecule is O=C(c1cccc(OC(F)F)c1)C(F)(F)C(F)(F)C(F)(F)F. The molecule has 0 unspecified atom stereocenters. The number of benzene rings is 1. The van der Waals surface area contributed by atoms with Crippen LogP contribution in [0.1, 0.15) is 10.4 Å². The Morgan fingerprint density at radius 3 is 2.00 bits per heavy atom. The lowest BCUT2D eigenvalue weighted by Crippen LogP contribution is -2.56. The Bertz CT molecular complexity index is 551. The molecule has 0 heterocycles. The maximum atomic E-state index is 13.2. The number of ketones is 1. The van der Waals surface area contributed by atoms with E-state index in [1.165, 1.54) is 0 Å². The molecule has 0 atom stereocenters. The molecule has 1 aromatic rings. The van der Waals surface area contributed by atoms with Crippen molar-refractivity contribution < 1.29 is 49.0 Å². The van der Waals surface area contributed by atoms with Gasteiger partial charge in [0, 0.05) is 5.56 Å². The highest BCUT2D eigenvalue weighted by Crippen LogP contribution is 2.47. The first-order valence-corrected chi connectivity index (χ1v) is 5.22. The molecular weight excluding hydrogens is 335 g/mol. The third-order valence-corrected chi connectivity index (χ3v) is 2.36. The van der Waals surface area contributed by atoms with Crippen molar-refractivity contribution in [3.8, 4) is 5.75 Å². The summed E-state index contributed by atoms with van der Waals surface area (Å²) in [6.07, 6.45) is -6.68. The monoisotopic (exact) mass is 340 g/mol. The fraction of sp³-hybridized carbons (Fsp3) is 0.364. The van der Waals surface area contributed by atoms with Gasteiger partial charge in [-0.2, -0.15) is 39.5 Å². The van der Waals surface area contributed by atoms with Crippen LogP contribution in [0.25, 0.3) is 0 Å². The molecule has 0 bridgehead atoms. The maximum absolute atomic E-state index is 13.2. The third kappa shape index (κ3) is 3.28. The van der Waals surface area contributed by atoms with Gasteiger partial charge in [0.25, 0.3) is 0 Å². The van der Waals surface area contributed by atoms with Crippen LogP contribution in [0.4, 0.5) is 39.5 Å². The van der Waals surface area contributed by atoms with Gasteiger partial charge in [-0.05, 0) is 12.1 Å². The Hall–Kier alpha value is -1.94. The summed E-state index contributed by atoms with van der Waals surface area (Å²) in [4.78, 5) is 11.2. The molecule has 0 aromatic heterocycles. The Morgan fingerprint density at radius 2 is 1.55 bits per heavy atom. The molecule has 124 valence electrons. The molecular formula is C11H5F9O2. The number of carbonyl (C=O) groups excluding carboxylic acids is 1. The molecule has 0 spiro atoms. The summed E-state index contributed by atoms with van der Waals surface area (Å²) in [7, 11) is 0. The van der Waals surface area contributed by atoms with E-state index < -0.39 is 41.7 Å². The van der Waals surface area contributed by atoms with E-state index in [-0.39, 0.29) is 6.07 Å². The number of carbonyl (C=O) groups is 1. The second-order valence-electron chi connectivity index (χ2n) is 3.88. The maximum Gasteiger partial charge on any atom is 0.460 e. The van der Waals surface area contributed by atoms with E-state index in [4.69, 9.17) is 0 Å². The number of Topliss-reactive ketones (excluding diaryl/α,β-unsaturated/α-hetero) is 1. The van der Waals surface area contributed by atoms with E-state index in [0.29, 0.717) is 12.1 Å². The van der Waals surface area contributed by atoms with E-state index in [1.807, 2.05) is 0 Å². The van der Waals surface area contributed by atoms with Crippen LogP contribution in [-0.2, 0) is 0 Å². The molecule has 0 fully saturated rings. The largest absolute Gasteiger partial charge is 0.460 e. The zero-order chi connectivity index (χ0) is 17.3. The van der Waals surface area contributed by atoms with Gasteiger partial charge >= 0.3 is 24.6 Å². The Kier molecular flexibility index (Phi) is 4.68. The van der Waals surface area contributed by atoms with Gasteiger partial charge in [-0.1, -0.05) is 12.1 Å². The fourth-order valence-electron chi connectivity index (χ4n) is 1.32. The smallest absolute Gasteiger partial charge is 0.435 e. The van der Waals surface area contributed by atoms with Crippen LogP contribution >= 0.6 is 0 Å². The van der Waals surface area contributed by atoms with Gasteiger partial charge in [0.2, 0.25) is 5.78 Å². The number of rotatable bonds is 5. The number of halogens is 9. The highest BCUT2D eigenvalue weighted by atomic mass is 19.4. The molecule has 0 radical (unpaired) electrons. The second kappa shape index (κ2) is 5.69. The molecule has 1 rings (SSSR count). The van der Waals surface area contributed by atoms with Crippen molar-refractivity contribution in [1.29, 1.82) is 0 Å². The predicted octanol–water partition coefficient (Wildman–Crippen LogP) is 4.30. The molecule has 0 saturated carbocycles. The van der Waals surface area contributed by atoms with Gasteiger partial charge < -0.3 is 4.74 Å². The average Bonchev–Trinajstić information content (AvgIpc) is 2.35. The Labute approximate surface area is 116 Å². The normalized spacial score (nSPS) is 13.4. The van der Waals surface area contributed by atoms with Crippen molar-refractivity contribution in [3.63, 3.8) is 0 Å². The first kappa shape index (κ1) is 18.1.